The lowest BCUT2D eigenvalue weighted by molar-refractivity contribution is -0.137. The van der Waals surface area contributed by atoms with Crippen LogP contribution >= 0.6 is 0 Å². The molecular formula is C15H20N2O6S. The first-order valence-corrected chi connectivity index (χ1v) is 8.57. The Morgan fingerprint density at radius 3 is 2.62 bits per heavy atom. The molecule has 0 aliphatic heterocycles. The number of aliphatic carboxylic acids is 1. The maximum atomic E-state index is 12.0. The lowest BCUT2D eigenvalue weighted by Crippen LogP contribution is -2.22. The summed E-state index contributed by atoms with van der Waals surface area (Å²) in [6.45, 7) is 0.247. The first kappa shape index (κ1) is 19.7. The fraction of sp³-hybridized carbons (Fsp3) is 0.333. The van der Waals surface area contributed by atoms with Crippen LogP contribution in [0.2, 0.25) is 0 Å². The lowest BCUT2D eigenvalue weighted by atomic mass is 10.2. The lowest BCUT2D eigenvalue weighted by Gasteiger charge is -2.09. The van der Waals surface area contributed by atoms with Gasteiger partial charge in [0, 0.05) is 19.0 Å². The largest absolute Gasteiger partial charge is 0.495 e. The van der Waals surface area contributed by atoms with E-state index >= 15 is 0 Å². The van der Waals surface area contributed by atoms with E-state index in [9.17, 15) is 18.0 Å². The first-order valence-electron chi connectivity index (χ1n) is 7.09. The molecule has 1 amide bonds. The molecule has 0 saturated heterocycles. The van der Waals surface area contributed by atoms with Gasteiger partial charge in [-0.3, -0.25) is 9.59 Å². The minimum atomic E-state index is -3.69. The van der Waals surface area contributed by atoms with Gasteiger partial charge in [0.2, 0.25) is 15.9 Å². The van der Waals surface area contributed by atoms with E-state index in [1.165, 1.54) is 38.4 Å². The summed E-state index contributed by atoms with van der Waals surface area (Å²) in [7, 11) is -1.03. The third kappa shape index (κ3) is 6.01. The summed E-state index contributed by atoms with van der Waals surface area (Å²) in [5, 5.41) is 11.0. The van der Waals surface area contributed by atoms with Crippen LogP contribution in [0.15, 0.2) is 29.2 Å². The average Bonchev–Trinajstić information content (AvgIpc) is 2.56. The van der Waals surface area contributed by atoms with E-state index in [4.69, 9.17) is 9.84 Å². The Morgan fingerprint density at radius 1 is 1.33 bits per heavy atom. The number of ether oxygens (including phenoxy) is 1. The molecule has 0 aliphatic rings. The SMILES string of the molecule is CNS(=O)(=O)c1cc(C=CC(=O)NCCCC(=O)O)ccc1OC. The standard InChI is InChI=1S/C15H20N2O6S/c1-16-24(21,22)13-10-11(5-7-12(13)23-2)6-8-14(18)17-9-3-4-15(19)20/h5-8,10,16H,3-4,9H2,1-2H3,(H,17,18)(H,19,20). The van der Waals surface area contributed by atoms with Gasteiger partial charge in [-0.05, 0) is 37.2 Å². The third-order valence-electron chi connectivity index (χ3n) is 3.04. The van der Waals surface area contributed by atoms with Gasteiger partial charge < -0.3 is 15.2 Å². The van der Waals surface area contributed by atoms with E-state index in [1.807, 2.05) is 0 Å². The van der Waals surface area contributed by atoms with Crippen molar-refractivity contribution in [3.8, 4) is 5.75 Å². The van der Waals surface area contributed by atoms with Crippen LogP contribution < -0.4 is 14.8 Å². The van der Waals surface area contributed by atoms with Crippen molar-refractivity contribution in [3.05, 3.63) is 29.8 Å². The van der Waals surface area contributed by atoms with Crippen LogP contribution in [-0.4, -0.2) is 46.1 Å². The first-order chi connectivity index (χ1) is 11.3. The van der Waals surface area contributed by atoms with Crippen molar-refractivity contribution in [1.82, 2.24) is 10.0 Å². The second-order valence-corrected chi connectivity index (χ2v) is 6.59. The number of carbonyl (C=O) groups is 2. The highest BCUT2D eigenvalue weighted by molar-refractivity contribution is 7.89. The maximum Gasteiger partial charge on any atom is 0.303 e. The molecule has 9 heteroatoms. The molecule has 0 aliphatic carbocycles. The molecule has 24 heavy (non-hydrogen) atoms. The van der Waals surface area contributed by atoms with Crippen molar-refractivity contribution >= 4 is 28.0 Å². The zero-order chi connectivity index (χ0) is 18.2. The number of carboxylic acids is 1. The summed E-state index contributed by atoms with van der Waals surface area (Å²) in [6, 6.07) is 4.50. The van der Waals surface area contributed by atoms with Crippen LogP contribution in [0.25, 0.3) is 6.08 Å². The maximum absolute atomic E-state index is 12.0. The molecule has 0 atom stereocenters. The van der Waals surface area contributed by atoms with Crippen molar-refractivity contribution in [2.45, 2.75) is 17.7 Å². The Bertz CT molecular complexity index is 727. The molecule has 0 radical (unpaired) electrons. The Kier molecular flexibility index (Phi) is 7.40. The molecule has 1 rings (SSSR count). The Balaban J connectivity index is 2.79. The van der Waals surface area contributed by atoms with Crippen molar-refractivity contribution < 1.29 is 27.9 Å². The van der Waals surface area contributed by atoms with E-state index in [0.29, 0.717) is 12.0 Å². The molecule has 0 spiro atoms. The molecule has 0 fully saturated rings. The highest BCUT2D eigenvalue weighted by atomic mass is 32.2. The Morgan fingerprint density at radius 2 is 2.04 bits per heavy atom. The summed E-state index contributed by atoms with van der Waals surface area (Å²) in [5.41, 5.74) is 0.505. The zero-order valence-corrected chi connectivity index (χ0v) is 14.2. The van der Waals surface area contributed by atoms with Crippen LogP contribution in [0.5, 0.6) is 5.75 Å². The topological polar surface area (TPSA) is 122 Å². The number of carboxylic acid groups (broad SMARTS) is 1. The number of rotatable bonds is 9. The van der Waals surface area contributed by atoms with Crippen LogP contribution in [0.4, 0.5) is 0 Å². The molecule has 3 N–H and O–H groups in total. The number of carbonyl (C=O) groups excluding carboxylic acids is 1. The highest BCUT2D eigenvalue weighted by Crippen LogP contribution is 2.25. The quantitative estimate of drug-likeness (QED) is 0.440. The summed E-state index contributed by atoms with van der Waals surface area (Å²) in [6.07, 6.45) is 3.02. The van der Waals surface area contributed by atoms with Gasteiger partial charge in [-0.25, -0.2) is 13.1 Å². The second-order valence-electron chi connectivity index (χ2n) is 4.74. The van der Waals surface area contributed by atoms with Crippen molar-refractivity contribution in [1.29, 1.82) is 0 Å². The van der Waals surface area contributed by atoms with Crippen LogP contribution in [-0.2, 0) is 19.6 Å². The highest BCUT2D eigenvalue weighted by Gasteiger charge is 2.17. The number of hydrogen-bond donors (Lipinski definition) is 3. The average molecular weight is 356 g/mol. The van der Waals surface area contributed by atoms with Gasteiger partial charge in [0.1, 0.15) is 10.6 Å². The summed E-state index contributed by atoms with van der Waals surface area (Å²) in [5.74, 6) is -1.12. The van der Waals surface area contributed by atoms with Gasteiger partial charge in [0.05, 0.1) is 7.11 Å². The van der Waals surface area contributed by atoms with Gasteiger partial charge in [-0.1, -0.05) is 6.07 Å². The van der Waals surface area contributed by atoms with Gasteiger partial charge in [0.25, 0.3) is 0 Å². The van der Waals surface area contributed by atoms with Gasteiger partial charge in [0.15, 0.2) is 0 Å². The van der Waals surface area contributed by atoms with Gasteiger partial charge in [-0.15, -0.1) is 0 Å². The monoisotopic (exact) mass is 356 g/mol. The molecule has 132 valence electrons. The predicted molar refractivity (Wildman–Crippen MR) is 88.2 cm³/mol. The Labute approximate surface area is 140 Å². The van der Waals surface area contributed by atoms with E-state index in [-0.39, 0.29) is 23.6 Å². The fourth-order valence-electron chi connectivity index (χ4n) is 1.80. The second kappa shape index (κ2) is 9.04. The van der Waals surface area contributed by atoms with E-state index < -0.39 is 21.9 Å². The van der Waals surface area contributed by atoms with E-state index in [0.717, 1.165) is 0 Å². The summed E-state index contributed by atoms with van der Waals surface area (Å²) in [4.78, 5) is 21.9. The van der Waals surface area contributed by atoms with Gasteiger partial charge >= 0.3 is 5.97 Å². The Hall–Kier alpha value is -2.39. The number of nitrogens with one attached hydrogen (secondary N) is 2. The minimum Gasteiger partial charge on any atom is -0.495 e. The third-order valence-corrected chi connectivity index (χ3v) is 4.48. The number of amides is 1. The normalized spacial score (nSPS) is 11.4. The number of sulfonamides is 1. The van der Waals surface area contributed by atoms with Crippen molar-refractivity contribution in [2.24, 2.45) is 0 Å². The molecule has 0 bridgehead atoms. The molecule has 8 nitrogen and oxygen atoms in total. The molecule has 1 aromatic rings. The zero-order valence-electron chi connectivity index (χ0n) is 13.4. The molecule has 0 aromatic heterocycles. The van der Waals surface area contributed by atoms with E-state index in [1.54, 1.807) is 6.07 Å². The minimum absolute atomic E-state index is 0.0201. The molecule has 1 aromatic carbocycles. The van der Waals surface area contributed by atoms with Crippen LogP contribution in [0, 0.1) is 0 Å². The van der Waals surface area contributed by atoms with Crippen molar-refractivity contribution in [2.75, 3.05) is 20.7 Å². The van der Waals surface area contributed by atoms with E-state index in [2.05, 4.69) is 10.0 Å². The fourth-order valence-corrected chi connectivity index (χ4v) is 2.73. The predicted octanol–water partition coefficient (Wildman–Crippen LogP) is 0.598. The van der Waals surface area contributed by atoms with Crippen LogP contribution in [0.3, 0.4) is 0 Å². The number of methoxy groups -OCH3 is 1. The van der Waals surface area contributed by atoms with Crippen molar-refractivity contribution in [3.63, 3.8) is 0 Å². The molecule has 0 unspecified atom stereocenters. The molecular weight excluding hydrogens is 336 g/mol. The van der Waals surface area contributed by atoms with Gasteiger partial charge in [-0.2, -0.15) is 0 Å². The smallest absolute Gasteiger partial charge is 0.303 e. The van der Waals surface area contributed by atoms with Crippen LogP contribution in [0.1, 0.15) is 18.4 Å². The molecule has 0 saturated carbocycles. The number of hydrogen-bond acceptors (Lipinski definition) is 5. The summed E-state index contributed by atoms with van der Waals surface area (Å²) < 4.78 is 31.2. The summed E-state index contributed by atoms with van der Waals surface area (Å²) >= 11 is 0. The number of benzene rings is 1. The molecule has 0 heterocycles.